The molecular weight excluding hydrogens is 346 g/mol. The quantitative estimate of drug-likeness (QED) is 0.613. The van der Waals surface area contributed by atoms with Crippen LogP contribution in [-0.4, -0.2) is 31.5 Å². The summed E-state index contributed by atoms with van der Waals surface area (Å²) in [7, 11) is 1.30. The second-order valence-electron chi connectivity index (χ2n) is 6.58. The van der Waals surface area contributed by atoms with Crippen molar-refractivity contribution in [1.82, 2.24) is 0 Å². The highest BCUT2D eigenvalue weighted by Gasteiger charge is 2.37. The first-order valence-corrected chi connectivity index (χ1v) is 8.67. The maximum atomic E-state index is 12.5. The molecule has 1 amide bonds. The van der Waals surface area contributed by atoms with Crippen molar-refractivity contribution in [2.45, 2.75) is 20.3 Å². The minimum Gasteiger partial charge on any atom is -0.465 e. The van der Waals surface area contributed by atoms with Crippen molar-refractivity contribution in [2.75, 3.05) is 18.6 Å². The molecule has 2 aromatic carbocycles. The molecule has 1 heterocycles. The molecule has 1 atom stereocenters. The van der Waals surface area contributed by atoms with Gasteiger partial charge in [-0.2, -0.15) is 0 Å². The highest BCUT2D eigenvalue weighted by atomic mass is 16.5. The standard InChI is InChI=1S/C21H21NO5/c1-13-5-4-6-14(2)19(13)22-12-16(11-18(22)23)21(25)27-17-9-7-15(8-10-17)20(24)26-3/h4-10,16H,11-12H2,1-3H3/t16-/m1/s1. The molecule has 1 aliphatic heterocycles. The van der Waals surface area contributed by atoms with E-state index in [1.165, 1.54) is 31.4 Å². The summed E-state index contributed by atoms with van der Waals surface area (Å²) in [5, 5.41) is 0. The number of para-hydroxylation sites is 1. The summed E-state index contributed by atoms with van der Waals surface area (Å²) in [6.07, 6.45) is 0.118. The van der Waals surface area contributed by atoms with Gasteiger partial charge in [-0.3, -0.25) is 9.59 Å². The van der Waals surface area contributed by atoms with Gasteiger partial charge in [0, 0.05) is 18.7 Å². The number of amides is 1. The molecule has 0 spiro atoms. The highest BCUT2D eigenvalue weighted by molar-refractivity contribution is 6.00. The van der Waals surface area contributed by atoms with Crippen LogP contribution in [0.4, 0.5) is 5.69 Å². The monoisotopic (exact) mass is 367 g/mol. The first-order valence-electron chi connectivity index (χ1n) is 8.67. The molecule has 0 radical (unpaired) electrons. The van der Waals surface area contributed by atoms with Crippen LogP contribution in [-0.2, 0) is 14.3 Å². The van der Waals surface area contributed by atoms with Crippen molar-refractivity contribution < 1.29 is 23.9 Å². The van der Waals surface area contributed by atoms with E-state index >= 15 is 0 Å². The maximum absolute atomic E-state index is 12.5. The van der Waals surface area contributed by atoms with Crippen molar-refractivity contribution in [2.24, 2.45) is 5.92 Å². The fourth-order valence-electron chi connectivity index (χ4n) is 3.29. The molecule has 1 aliphatic rings. The van der Waals surface area contributed by atoms with Gasteiger partial charge in [0.25, 0.3) is 0 Å². The zero-order valence-corrected chi connectivity index (χ0v) is 15.5. The number of esters is 2. The molecule has 0 aliphatic carbocycles. The fourth-order valence-corrected chi connectivity index (χ4v) is 3.29. The Morgan fingerprint density at radius 2 is 1.67 bits per heavy atom. The Bertz CT molecular complexity index is 868. The zero-order valence-electron chi connectivity index (χ0n) is 15.5. The molecule has 1 saturated heterocycles. The number of carbonyl (C=O) groups excluding carboxylic acids is 3. The number of anilines is 1. The van der Waals surface area contributed by atoms with Gasteiger partial charge in [0.1, 0.15) is 5.75 Å². The van der Waals surface area contributed by atoms with Crippen LogP contribution in [0.5, 0.6) is 5.75 Å². The van der Waals surface area contributed by atoms with E-state index in [1.54, 1.807) is 4.90 Å². The summed E-state index contributed by atoms with van der Waals surface area (Å²) in [4.78, 5) is 38.1. The third-order valence-electron chi connectivity index (χ3n) is 4.66. The van der Waals surface area contributed by atoms with Crippen LogP contribution in [0, 0.1) is 19.8 Å². The lowest BCUT2D eigenvalue weighted by atomic mass is 10.1. The normalized spacial score (nSPS) is 16.3. The van der Waals surface area contributed by atoms with Crippen LogP contribution in [0.2, 0.25) is 0 Å². The topological polar surface area (TPSA) is 72.9 Å². The molecule has 2 aromatic rings. The molecule has 1 fully saturated rings. The van der Waals surface area contributed by atoms with Crippen LogP contribution < -0.4 is 9.64 Å². The van der Waals surface area contributed by atoms with E-state index in [2.05, 4.69) is 4.74 Å². The minimum atomic E-state index is -0.531. The van der Waals surface area contributed by atoms with Gasteiger partial charge in [-0.1, -0.05) is 18.2 Å². The van der Waals surface area contributed by atoms with Crippen molar-refractivity contribution in [3.8, 4) is 5.75 Å². The number of hydrogen-bond donors (Lipinski definition) is 0. The molecule has 6 nitrogen and oxygen atoms in total. The Morgan fingerprint density at radius 1 is 1.04 bits per heavy atom. The first kappa shape index (κ1) is 18.6. The molecular formula is C21H21NO5. The summed E-state index contributed by atoms with van der Waals surface area (Å²) in [6.45, 7) is 4.19. The van der Waals surface area contributed by atoms with Gasteiger partial charge in [0.15, 0.2) is 0 Å². The number of aryl methyl sites for hydroxylation is 2. The average molecular weight is 367 g/mol. The molecule has 27 heavy (non-hydrogen) atoms. The SMILES string of the molecule is COC(=O)c1ccc(OC(=O)[C@@H]2CC(=O)N(c3c(C)cccc3C)C2)cc1. The molecule has 3 rings (SSSR count). The summed E-state index contributed by atoms with van der Waals surface area (Å²) in [5.41, 5.74) is 3.22. The average Bonchev–Trinajstić information content (AvgIpc) is 3.03. The van der Waals surface area contributed by atoms with Crippen molar-refractivity contribution in [3.05, 3.63) is 59.2 Å². The fraction of sp³-hybridized carbons (Fsp3) is 0.286. The Morgan fingerprint density at radius 3 is 2.26 bits per heavy atom. The van der Waals surface area contributed by atoms with E-state index in [0.29, 0.717) is 17.9 Å². The van der Waals surface area contributed by atoms with Gasteiger partial charge < -0.3 is 14.4 Å². The van der Waals surface area contributed by atoms with Crippen molar-refractivity contribution >= 4 is 23.5 Å². The van der Waals surface area contributed by atoms with Gasteiger partial charge in [0.05, 0.1) is 18.6 Å². The number of hydrogen-bond acceptors (Lipinski definition) is 5. The molecule has 0 unspecified atom stereocenters. The molecule has 0 aromatic heterocycles. The molecule has 0 saturated carbocycles. The lowest BCUT2D eigenvalue weighted by molar-refractivity contribution is -0.139. The second kappa shape index (κ2) is 7.61. The van der Waals surface area contributed by atoms with Crippen LogP contribution in [0.1, 0.15) is 27.9 Å². The zero-order chi connectivity index (χ0) is 19.6. The van der Waals surface area contributed by atoms with Crippen LogP contribution in [0.25, 0.3) is 0 Å². The minimum absolute atomic E-state index is 0.0876. The van der Waals surface area contributed by atoms with E-state index in [1.807, 2.05) is 32.0 Å². The molecule has 0 N–H and O–H groups in total. The number of carbonyl (C=O) groups is 3. The van der Waals surface area contributed by atoms with Gasteiger partial charge in [-0.15, -0.1) is 0 Å². The summed E-state index contributed by atoms with van der Waals surface area (Å²) in [5.74, 6) is -1.21. The predicted molar refractivity (Wildman–Crippen MR) is 99.8 cm³/mol. The third kappa shape index (κ3) is 3.84. The number of benzene rings is 2. The van der Waals surface area contributed by atoms with Gasteiger partial charge in [-0.05, 0) is 49.2 Å². The Kier molecular flexibility index (Phi) is 5.26. The van der Waals surface area contributed by atoms with Crippen LogP contribution in [0.15, 0.2) is 42.5 Å². The van der Waals surface area contributed by atoms with Crippen LogP contribution >= 0.6 is 0 Å². The summed E-state index contributed by atoms with van der Waals surface area (Å²) >= 11 is 0. The Balaban J connectivity index is 1.70. The Hall–Kier alpha value is -3.15. The largest absolute Gasteiger partial charge is 0.465 e. The van der Waals surface area contributed by atoms with Gasteiger partial charge in [-0.25, -0.2) is 4.79 Å². The van der Waals surface area contributed by atoms with E-state index in [4.69, 9.17) is 4.74 Å². The van der Waals surface area contributed by atoms with E-state index in [0.717, 1.165) is 16.8 Å². The highest BCUT2D eigenvalue weighted by Crippen LogP contribution is 2.31. The van der Waals surface area contributed by atoms with E-state index in [9.17, 15) is 14.4 Å². The number of methoxy groups -OCH3 is 1. The number of ether oxygens (including phenoxy) is 2. The van der Waals surface area contributed by atoms with Crippen molar-refractivity contribution in [1.29, 1.82) is 0 Å². The lowest BCUT2D eigenvalue weighted by Gasteiger charge is -2.21. The second-order valence-corrected chi connectivity index (χ2v) is 6.58. The van der Waals surface area contributed by atoms with Gasteiger partial charge in [0.2, 0.25) is 5.91 Å². The molecule has 140 valence electrons. The molecule has 6 heteroatoms. The summed E-state index contributed by atoms with van der Waals surface area (Å²) < 4.78 is 10.0. The van der Waals surface area contributed by atoms with E-state index < -0.39 is 17.9 Å². The van der Waals surface area contributed by atoms with Gasteiger partial charge >= 0.3 is 11.9 Å². The van der Waals surface area contributed by atoms with E-state index in [-0.39, 0.29) is 12.3 Å². The Labute approximate surface area is 157 Å². The summed E-state index contributed by atoms with van der Waals surface area (Å²) in [6, 6.07) is 12.0. The lowest BCUT2D eigenvalue weighted by Crippen LogP contribution is -2.28. The predicted octanol–water partition coefficient (Wildman–Crippen LogP) is 3.05. The maximum Gasteiger partial charge on any atom is 0.337 e. The first-order chi connectivity index (χ1) is 12.9. The smallest absolute Gasteiger partial charge is 0.337 e. The number of nitrogens with zero attached hydrogens (tertiary/aromatic N) is 1. The third-order valence-corrected chi connectivity index (χ3v) is 4.66. The van der Waals surface area contributed by atoms with Crippen molar-refractivity contribution in [3.63, 3.8) is 0 Å². The van der Waals surface area contributed by atoms with Crippen LogP contribution in [0.3, 0.4) is 0 Å². The number of rotatable bonds is 4. The molecule has 0 bridgehead atoms.